The quantitative estimate of drug-likeness (QED) is 0.875. The summed E-state index contributed by atoms with van der Waals surface area (Å²) in [4.78, 5) is 0. The highest BCUT2D eigenvalue weighted by Gasteiger charge is 2.31. The van der Waals surface area contributed by atoms with E-state index in [4.69, 9.17) is 4.74 Å². The Kier molecular flexibility index (Phi) is 5.09. The summed E-state index contributed by atoms with van der Waals surface area (Å²) in [5, 5.41) is 3.75. The van der Waals surface area contributed by atoms with Gasteiger partial charge in [-0.25, -0.2) is 0 Å². The van der Waals surface area contributed by atoms with E-state index in [2.05, 4.69) is 44.3 Å². The second-order valence-electron chi connectivity index (χ2n) is 7.17. The molecule has 0 saturated heterocycles. The van der Waals surface area contributed by atoms with Crippen LogP contribution in [0.3, 0.4) is 0 Å². The van der Waals surface area contributed by atoms with Crippen molar-refractivity contribution in [1.29, 1.82) is 0 Å². The molecule has 112 valence electrons. The Morgan fingerprint density at radius 2 is 2.10 bits per heavy atom. The minimum atomic E-state index is 0.491. The van der Waals surface area contributed by atoms with E-state index in [1.54, 1.807) is 7.11 Å². The van der Waals surface area contributed by atoms with E-state index in [9.17, 15) is 0 Å². The van der Waals surface area contributed by atoms with Gasteiger partial charge in [-0.3, -0.25) is 0 Å². The molecular formula is C18H29NO. The van der Waals surface area contributed by atoms with Crippen molar-refractivity contribution in [3.8, 4) is 5.75 Å². The zero-order chi connectivity index (χ0) is 14.6. The van der Waals surface area contributed by atoms with Gasteiger partial charge in [-0.1, -0.05) is 32.9 Å². The monoisotopic (exact) mass is 275 g/mol. The minimum Gasteiger partial charge on any atom is -0.497 e. The van der Waals surface area contributed by atoms with Crippen LogP contribution in [-0.4, -0.2) is 19.7 Å². The SMILES string of the molecule is COc1cccc(CCNC2CC(C)CC(C)(C)C2)c1. The molecule has 1 N–H and O–H groups in total. The minimum absolute atomic E-state index is 0.491. The van der Waals surface area contributed by atoms with Gasteiger partial charge in [0.25, 0.3) is 0 Å². The maximum Gasteiger partial charge on any atom is 0.119 e. The molecule has 0 aromatic heterocycles. The van der Waals surface area contributed by atoms with E-state index in [1.807, 2.05) is 6.07 Å². The van der Waals surface area contributed by atoms with Crippen LogP contribution in [0, 0.1) is 11.3 Å². The number of methoxy groups -OCH3 is 1. The van der Waals surface area contributed by atoms with Gasteiger partial charge in [-0.15, -0.1) is 0 Å². The lowest BCUT2D eigenvalue weighted by molar-refractivity contribution is 0.152. The summed E-state index contributed by atoms with van der Waals surface area (Å²) in [6.45, 7) is 8.25. The molecule has 0 amide bonds. The summed E-state index contributed by atoms with van der Waals surface area (Å²) in [6.07, 6.45) is 5.06. The number of hydrogen-bond acceptors (Lipinski definition) is 2. The van der Waals surface area contributed by atoms with Crippen LogP contribution >= 0.6 is 0 Å². The summed E-state index contributed by atoms with van der Waals surface area (Å²) in [5.41, 5.74) is 1.84. The zero-order valence-corrected chi connectivity index (χ0v) is 13.4. The molecule has 2 heteroatoms. The van der Waals surface area contributed by atoms with Gasteiger partial charge >= 0.3 is 0 Å². The third-order valence-electron chi connectivity index (χ3n) is 4.37. The molecule has 1 aliphatic rings. The third-order valence-corrected chi connectivity index (χ3v) is 4.37. The van der Waals surface area contributed by atoms with E-state index in [0.717, 1.165) is 24.6 Å². The predicted octanol–water partition coefficient (Wildman–Crippen LogP) is 4.04. The first-order chi connectivity index (χ1) is 9.48. The van der Waals surface area contributed by atoms with Crippen molar-refractivity contribution < 1.29 is 4.74 Å². The lowest BCUT2D eigenvalue weighted by Gasteiger charge is -2.39. The molecule has 1 aromatic rings. The lowest BCUT2D eigenvalue weighted by atomic mass is 9.70. The largest absolute Gasteiger partial charge is 0.497 e. The first-order valence-corrected chi connectivity index (χ1v) is 7.85. The van der Waals surface area contributed by atoms with E-state index >= 15 is 0 Å². The molecule has 0 aliphatic heterocycles. The van der Waals surface area contributed by atoms with Gasteiger partial charge in [0.2, 0.25) is 0 Å². The summed E-state index contributed by atoms with van der Waals surface area (Å²) in [6, 6.07) is 9.06. The number of hydrogen-bond donors (Lipinski definition) is 1. The van der Waals surface area contributed by atoms with Crippen LogP contribution in [0.1, 0.15) is 45.6 Å². The highest BCUT2D eigenvalue weighted by molar-refractivity contribution is 5.28. The summed E-state index contributed by atoms with van der Waals surface area (Å²) in [5.74, 6) is 1.79. The molecule has 2 unspecified atom stereocenters. The normalized spacial score (nSPS) is 25.4. The molecule has 0 spiro atoms. The van der Waals surface area contributed by atoms with Crippen LogP contribution in [0.2, 0.25) is 0 Å². The van der Waals surface area contributed by atoms with Gasteiger partial charge in [0.1, 0.15) is 5.75 Å². The van der Waals surface area contributed by atoms with Crippen molar-refractivity contribution in [2.75, 3.05) is 13.7 Å². The fourth-order valence-electron chi connectivity index (χ4n) is 3.75. The smallest absolute Gasteiger partial charge is 0.119 e. The maximum absolute atomic E-state index is 5.27. The molecule has 0 bridgehead atoms. The molecular weight excluding hydrogens is 246 g/mol. The van der Waals surface area contributed by atoms with Crippen LogP contribution in [0.25, 0.3) is 0 Å². The Morgan fingerprint density at radius 1 is 1.30 bits per heavy atom. The fourth-order valence-corrected chi connectivity index (χ4v) is 3.75. The number of benzene rings is 1. The summed E-state index contributed by atoms with van der Waals surface area (Å²) in [7, 11) is 1.73. The maximum atomic E-state index is 5.27. The van der Waals surface area contributed by atoms with Gasteiger partial charge in [0.15, 0.2) is 0 Å². The Hall–Kier alpha value is -1.02. The number of nitrogens with one attached hydrogen (secondary N) is 1. The van der Waals surface area contributed by atoms with Gasteiger partial charge < -0.3 is 10.1 Å². The van der Waals surface area contributed by atoms with E-state index in [-0.39, 0.29) is 0 Å². The first kappa shape index (κ1) is 15.4. The van der Waals surface area contributed by atoms with Gasteiger partial charge in [-0.05, 0) is 61.3 Å². The lowest BCUT2D eigenvalue weighted by Crippen LogP contribution is -2.40. The van der Waals surface area contributed by atoms with Crippen molar-refractivity contribution >= 4 is 0 Å². The Bertz CT molecular complexity index is 427. The average Bonchev–Trinajstić information content (AvgIpc) is 2.36. The summed E-state index contributed by atoms with van der Waals surface area (Å²) < 4.78 is 5.27. The van der Waals surface area contributed by atoms with Crippen molar-refractivity contribution in [1.82, 2.24) is 5.32 Å². The van der Waals surface area contributed by atoms with E-state index < -0.39 is 0 Å². The van der Waals surface area contributed by atoms with Crippen LogP contribution < -0.4 is 10.1 Å². The van der Waals surface area contributed by atoms with E-state index in [0.29, 0.717) is 11.5 Å². The van der Waals surface area contributed by atoms with Crippen LogP contribution in [-0.2, 0) is 6.42 Å². The highest BCUT2D eigenvalue weighted by atomic mass is 16.5. The standard InChI is InChI=1S/C18H29NO/c1-14-10-16(13-18(2,3)12-14)19-9-8-15-6-5-7-17(11-15)20-4/h5-7,11,14,16,19H,8-10,12-13H2,1-4H3. The first-order valence-electron chi connectivity index (χ1n) is 7.85. The molecule has 20 heavy (non-hydrogen) atoms. The van der Waals surface area contributed by atoms with Crippen molar-refractivity contribution in [3.05, 3.63) is 29.8 Å². The average molecular weight is 275 g/mol. The molecule has 0 radical (unpaired) electrons. The molecule has 2 rings (SSSR count). The zero-order valence-electron chi connectivity index (χ0n) is 13.4. The fraction of sp³-hybridized carbons (Fsp3) is 0.667. The van der Waals surface area contributed by atoms with E-state index in [1.165, 1.54) is 24.8 Å². The number of ether oxygens (including phenoxy) is 1. The van der Waals surface area contributed by atoms with Gasteiger partial charge in [-0.2, -0.15) is 0 Å². The molecule has 2 nitrogen and oxygen atoms in total. The second-order valence-corrected chi connectivity index (χ2v) is 7.17. The Morgan fingerprint density at radius 3 is 2.80 bits per heavy atom. The molecule has 1 aliphatic carbocycles. The second kappa shape index (κ2) is 6.62. The van der Waals surface area contributed by atoms with Crippen molar-refractivity contribution in [3.63, 3.8) is 0 Å². The third kappa shape index (κ3) is 4.52. The van der Waals surface area contributed by atoms with Gasteiger partial charge in [0.05, 0.1) is 7.11 Å². The van der Waals surface area contributed by atoms with Crippen LogP contribution in [0.5, 0.6) is 5.75 Å². The van der Waals surface area contributed by atoms with Crippen LogP contribution in [0.4, 0.5) is 0 Å². The molecule has 1 saturated carbocycles. The van der Waals surface area contributed by atoms with Gasteiger partial charge in [0, 0.05) is 6.04 Å². The molecule has 0 heterocycles. The Labute approximate surface area is 123 Å². The van der Waals surface area contributed by atoms with Crippen molar-refractivity contribution in [2.45, 2.75) is 52.5 Å². The highest BCUT2D eigenvalue weighted by Crippen LogP contribution is 2.38. The number of rotatable bonds is 5. The van der Waals surface area contributed by atoms with Crippen LogP contribution in [0.15, 0.2) is 24.3 Å². The Balaban J connectivity index is 1.80. The molecule has 2 atom stereocenters. The van der Waals surface area contributed by atoms with Crippen molar-refractivity contribution in [2.24, 2.45) is 11.3 Å². The summed E-state index contributed by atoms with van der Waals surface area (Å²) >= 11 is 0. The molecule has 1 fully saturated rings. The predicted molar refractivity (Wildman–Crippen MR) is 85.3 cm³/mol. The molecule has 1 aromatic carbocycles. The topological polar surface area (TPSA) is 21.3 Å².